The van der Waals surface area contributed by atoms with Gasteiger partial charge in [0.1, 0.15) is 33.8 Å². The SMILES string of the molecule is Br.CC(=O)c1ncc(Br)cc1F.CCN.Cc1nn(C)c2cc(-c3noc(C4CCN(C(=O)CNC(=O)c5ccccc5)CC4)n3)cnc12.Cc1nn(C)c2cc(/C(N)=N/O)cnc12.Cc1nn(C)c2cc(Br)cnc12.N#Cc1ncc(Br)cc1F.O=C(NCC(=O)N1CCC(C(=O)O)CC1)c1ccccc1.[C-]#[N+]c1cnc2c(C)nn(C)c2c1.[CH3-].[H-].[Mg+2]. The molecule has 2 aliphatic rings. The van der Waals surface area contributed by atoms with E-state index in [1.165, 1.54) is 31.5 Å². The zero-order valence-electron chi connectivity index (χ0n) is 69.4. The number of piperidine rings is 2. The van der Waals surface area contributed by atoms with Gasteiger partial charge in [0.2, 0.25) is 29.2 Å². The third-order valence-electron chi connectivity index (χ3n) is 17.9. The Hall–Kier alpha value is -11.9. The average Bonchev–Trinajstić information content (AvgIpc) is 1.65. The van der Waals surface area contributed by atoms with Gasteiger partial charge in [-0.1, -0.05) is 53.6 Å². The molecule has 13 heterocycles. The fraction of sp³-hybridized carbons (Fsp3) is 0.284. The maximum absolute atomic E-state index is 12.8. The van der Waals surface area contributed by atoms with Gasteiger partial charge in [-0.2, -0.15) is 30.6 Å². The first kappa shape index (κ1) is 101. The second kappa shape index (κ2) is 48.5. The number of aromatic nitrogens is 16. The van der Waals surface area contributed by atoms with E-state index in [1.54, 1.807) is 115 Å². The number of ketones is 1. The van der Waals surface area contributed by atoms with Gasteiger partial charge in [-0.25, -0.2) is 23.6 Å². The smallest absolute Gasteiger partial charge is 1.00 e. The predicted octanol–water partition coefficient (Wildman–Crippen LogP) is 12.2. The van der Waals surface area contributed by atoms with Crippen molar-refractivity contribution in [3.05, 3.63) is 235 Å². The molecule has 0 bridgehead atoms. The number of amidine groups is 1. The van der Waals surface area contributed by atoms with Crippen LogP contribution in [0.1, 0.15) is 118 Å². The molecule has 2 aliphatic heterocycles. The topological polar surface area (TPSA) is 454 Å². The number of halogens is 6. The van der Waals surface area contributed by atoms with Gasteiger partial charge in [-0.05, 0) is 168 Å². The molecule has 636 valence electrons. The minimum Gasteiger partial charge on any atom is -1.00 e. The molecule has 0 saturated carbocycles. The minimum absolute atomic E-state index is 0. The Morgan fingerprint density at radius 3 is 1.48 bits per heavy atom. The summed E-state index contributed by atoms with van der Waals surface area (Å²) in [5.74, 6) is -2.36. The van der Waals surface area contributed by atoms with Crippen LogP contribution in [0.15, 0.2) is 157 Å². The van der Waals surface area contributed by atoms with Crippen LogP contribution in [0, 0.1) is 70.6 Å². The number of benzene rings is 2. The molecule has 34 nitrogen and oxygen atoms in total. The zero-order valence-corrected chi connectivity index (χ0v) is 76.3. The molecule has 0 aliphatic carbocycles. The molecule has 2 fully saturated rings. The van der Waals surface area contributed by atoms with Crippen LogP contribution in [0.3, 0.4) is 0 Å². The molecular weight excluding hydrogens is 1850 g/mol. The molecular formula is C81H89Br4F2MgN25O9. The number of carbonyl (C=O) groups excluding carboxylic acids is 5. The zero-order chi connectivity index (χ0) is 86.7. The molecule has 0 unspecified atom stereocenters. The number of rotatable bonds is 11. The van der Waals surface area contributed by atoms with Gasteiger partial charge in [0.15, 0.2) is 28.9 Å². The largest absolute Gasteiger partial charge is 2.00 e. The van der Waals surface area contributed by atoms with Gasteiger partial charge in [-0.3, -0.25) is 67.4 Å². The van der Waals surface area contributed by atoms with Gasteiger partial charge < -0.3 is 55.6 Å². The maximum Gasteiger partial charge on any atom is 2.00 e. The minimum atomic E-state index is -0.806. The van der Waals surface area contributed by atoms with Crippen LogP contribution in [0.4, 0.5) is 14.5 Å². The summed E-state index contributed by atoms with van der Waals surface area (Å²) >= 11 is 9.42. The first-order valence-corrected chi connectivity index (χ1v) is 39.0. The fourth-order valence-corrected chi connectivity index (χ4v) is 12.9. The number of aliphatic carboxylic acids is 1. The number of oxime groups is 1. The molecule has 2 aromatic carbocycles. The van der Waals surface area contributed by atoms with Crippen LogP contribution in [0.5, 0.6) is 0 Å². The van der Waals surface area contributed by atoms with E-state index in [9.17, 15) is 37.5 Å². The number of pyridine rings is 6. The van der Waals surface area contributed by atoms with Gasteiger partial charge in [0.05, 0.1) is 70.4 Å². The second-order valence-electron chi connectivity index (χ2n) is 26.4. The van der Waals surface area contributed by atoms with Crippen molar-refractivity contribution in [3.63, 3.8) is 0 Å². The van der Waals surface area contributed by atoms with E-state index >= 15 is 0 Å². The molecule has 4 amide bonds. The number of nitrogens with one attached hydrogen (secondary N) is 2. The van der Waals surface area contributed by atoms with Crippen molar-refractivity contribution in [2.45, 2.75) is 73.1 Å². The van der Waals surface area contributed by atoms with E-state index in [1.807, 2.05) is 91.8 Å². The number of carbonyl (C=O) groups is 6. The maximum atomic E-state index is 12.8. The Morgan fingerprint density at radius 2 is 1.03 bits per heavy atom. The summed E-state index contributed by atoms with van der Waals surface area (Å²) in [6, 6.07) is 29.1. The van der Waals surface area contributed by atoms with Crippen LogP contribution in [0.2, 0.25) is 0 Å². The number of nitrogens with two attached hydrogens (primary N) is 2. The van der Waals surface area contributed by atoms with E-state index in [2.05, 4.69) is 129 Å². The first-order valence-electron chi connectivity index (χ1n) is 36.6. The summed E-state index contributed by atoms with van der Waals surface area (Å²) in [6.45, 7) is 20.4. The number of Topliss-reactive ketones (excluding diaryl/α,β-unsaturated/α-hetero) is 1. The number of aryl methyl sites for hydroxylation is 8. The van der Waals surface area contributed by atoms with Crippen molar-refractivity contribution in [2.75, 3.05) is 45.8 Å². The van der Waals surface area contributed by atoms with Gasteiger partial charge in [0, 0.05) is 140 Å². The van der Waals surface area contributed by atoms with Crippen LogP contribution >= 0.6 is 64.8 Å². The summed E-state index contributed by atoms with van der Waals surface area (Å²) in [5.41, 5.74) is 23.8. The van der Waals surface area contributed by atoms with E-state index in [0.29, 0.717) is 82.1 Å². The molecule has 13 aromatic rings. The predicted molar refractivity (Wildman–Crippen MR) is 473 cm³/mol. The molecule has 2 saturated heterocycles. The van der Waals surface area contributed by atoms with Crippen molar-refractivity contribution in [1.82, 2.24) is 99.6 Å². The summed E-state index contributed by atoms with van der Waals surface area (Å²) in [6.07, 6.45) is 11.8. The quantitative estimate of drug-likeness (QED) is 0.0133. The number of nitrogens with zero attached hydrogens (tertiary/aromatic N) is 21. The molecule has 8 N–H and O–H groups in total. The molecule has 41 heteroatoms. The van der Waals surface area contributed by atoms with E-state index < -0.39 is 17.6 Å². The number of amides is 4. The second-order valence-corrected chi connectivity index (χ2v) is 29.2. The monoisotopic (exact) mass is 1930 g/mol. The number of hydrogen-bond acceptors (Lipinski definition) is 23. The molecule has 11 aromatic heterocycles. The Labute approximate surface area is 754 Å². The Kier molecular flexibility index (Phi) is 40.1. The Bertz CT molecular complexity index is 5890. The van der Waals surface area contributed by atoms with Crippen molar-refractivity contribution in [2.24, 2.45) is 50.7 Å². The van der Waals surface area contributed by atoms with E-state index in [0.717, 1.165) is 96.3 Å². The van der Waals surface area contributed by atoms with E-state index in [4.69, 9.17) is 38.1 Å². The number of nitriles is 1. The van der Waals surface area contributed by atoms with Gasteiger partial charge in [-0.15, -0.1) is 17.0 Å². The third-order valence-corrected chi connectivity index (χ3v) is 19.2. The Morgan fingerprint density at radius 1 is 0.623 bits per heavy atom. The summed E-state index contributed by atoms with van der Waals surface area (Å²) in [5, 5.41) is 55.2. The van der Waals surface area contributed by atoms with Crippen molar-refractivity contribution >= 4 is 179 Å². The van der Waals surface area contributed by atoms with Gasteiger partial charge >= 0.3 is 29.0 Å². The third kappa shape index (κ3) is 27.8. The number of carboxylic acid groups (broad SMARTS) is 1. The van der Waals surface area contributed by atoms with Crippen LogP contribution < -0.4 is 22.1 Å². The molecule has 122 heavy (non-hydrogen) atoms. The summed E-state index contributed by atoms with van der Waals surface area (Å²) < 4.78 is 40.0. The van der Waals surface area contributed by atoms with Gasteiger partial charge in [0.25, 0.3) is 11.8 Å². The summed E-state index contributed by atoms with van der Waals surface area (Å²) in [7, 11) is 7.48. The van der Waals surface area contributed by atoms with E-state index in [-0.39, 0.29) is 120 Å². The first-order chi connectivity index (χ1) is 56.9. The fourth-order valence-electron chi connectivity index (χ4n) is 11.9. The number of carboxylic acids is 1. The summed E-state index contributed by atoms with van der Waals surface area (Å²) in [4.78, 5) is 106. The van der Waals surface area contributed by atoms with Crippen LogP contribution in [0.25, 0.3) is 60.4 Å². The molecule has 0 spiro atoms. The standard InChI is InChI=1S/C24H25N7O3.C15H18N2O4.C9H11N5O.C9H8N4.C8H8BrN3.C7H5BrFNO.C6H2BrFN2.C2H7N.CH3.BrH.Mg.H/c1-15-21-19(30(2)28-15)12-18(13-25-21)22-27-24(34-29-22)17-8-10-31(11-9-17)20(32)14-26-23(33)16-6-4-3-5-7-16;18-13(17-8-6-12(7-9-17)15(20)21)10-16-14(19)11-4-2-1-3-5-11;1-5-8-7(14(2)12-5)3-6(4-11-8)9(10)13-15;1-6-9-8(13(3)12-6)4-7(10-2)5-11-9;1-5-8-7(12(2)11-5)3-6(9)4-10-8;1-4(11)7-6(9)2-5(8)3-10-7;7-4-1-5(8)6(2-9)10-3-4;1-2-3;;;;/h3-7,12-13,17H,8-11,14H2,1-2H3,(H,26,33);1-5,12H,6-10H2,(H,16,19)(H,20,21);3-4,15H,1-2H3,(H2,10,13);4-5H,1,3H3;3-4H,1-2H3;2-3H,1H3;1,3H;2-3H2,1H3;1H3;1H;;/q;;;;;;;;-1;;+2;-1. The van der Waals surface area contributed by atoms with Crippen LogP contribution in [-0.2, 0) is 42.6 Å². The molecule has 0 radical (unpaired) electrons. The number of fused-ring (bicyclic) bond motifs is 4. The van der Waals surface area contributed by atoms with Crippen molar-refractivity contribution < 1.29 is 53.8 Å². The number of hydrogen-bond donors (Lipinski definition) is 6. The van der Waals surface area contributed by atoms with Crippen molar-refractivity contribution in [3.8, 4) is 17.5 Å². The molecule has 15 rings (SSSR count). The normalized spacial score (nSPS) is 12.1. The molecule has 0 atom stereocenters. The van der Waals surface area contributed by atoms with Crippen molar-refractivity contribution in [1.29, 1.82) is 5.26 Å². The average molecular weight is 1940 g/mol. The Balaban J connectivity index is 0.000000312. The van der Waals surface area contributed by atoms with Crippen LogP contribution in [-0.4, -0.2) is 209 Å². The number of likely N-dealkylation sites (tertiary alicyclic amines) is 2.